The molecule has 1 aliphatic rings. The highest BCUT2D eigenvalue weighted by Crippen LogP contribution is 2.23. The number of nitrogens with zero attached hydrogens (tertiary/aromatic N) is 1. The number of nitrogens with one attached hydrogen (secondary N) is 1. The molecule has 1 aromatic rings. The van der Waals surface area contributed by atoms with Gasteiger partial charge in [0.2, 0.25) is 5.91 Å². The van der Waals surface area contributed by atoms with E-state index in [0.717, 1.165) is 6.42 Å². The summed E-state index contributed by atoms with van der Waals surface area (Å²) in [5.74, 6) is -1.35. The van der Waals surface area contributed by atoms with Crippen LogP contribution in [0.25, 0.3) is 0 Å². The molecule has 7 nitrogen and oxygen atoms in total. The molecule has 0 radical (unpaired) electrons. The maximum atomic E-state index is 12.8. The van der Waals surface area contributed by atoms with Crippen molar-refractivity contribution in [3.63, 3.8) is 0 Å². The van der Waals surface area contributed by atoms with E-state index in [1.165, 1.54) is 0 Å². The standard InChI is InChI=1S/C17H25N3O4/c1-9(2)24-17(23)13-10(3)14(19-11(13)4)16(22)20-7-5-6-12(8-20)15(18)21/h9,12,19H,5-8H2,1-4H3,(H2,18,21). The van der Waals surface area contributed by atoms with Crippen molar-refractivity contribution in [1.29, 1.82) is 0 Å². The predicted octanol–water partition coefficient (Wildman–Crippen LogP) is 1.53. The van der Waals surface area contributed by atoms with Crippen LogP contribution >= 0.6 is 0 Å². The van der Waals surface area contributed by atoms with Gasteiger partial charge in [-0.15, -0.1) is 0 Å². The Hall–Kier alpha value is -2.31. The van der Waals surface area contributed by atoms with Crippen LogP contribution in [0.5, 0.6) is 0 Å². The molecule has 0 aromatic carbocycles. The van der Waals surface area contributed by atoms with Crippen molar-refractivity contribution >= 4 is 17.8 Å². The lowest BCUT2D eigenvalue weighted by Gasteiger charge is -2.31. The van der Waals surface area contributed by atoms with E-state index in [1.54, 1.807) is 32.6 Å². The number of rotatable bonds is 4. The summed E-state index contributed by atoms with van der Waals surface area (Å²) in [6.45, 7) is 7.91. The second kappa shape index (κ2) is 7.07. The number of nitrogens with two attached hydrogens (primary N) is 1. The van der Waals surface area contributed by atoms with Gasteiger partial charge in [-0.1, -0.05) is 0 Å². The number of aryl methyl sites for hydroxylation is 1. The van der Waals surface area contributed by atoms with E-state index in [9.17, 15) is 14.4 Å². The van der Waals surface area contributed by atoms with Crippen LogP contribution in [0.1, 0.15) is 58.8 Å². The normalized spacial score (nSPS) is 17.9. The van der Waals surface area contributed by atoms with E-state index in [4.69, 9.17) is 10.5 Å². The van der Waals surface area contributed by atoms with Crippen LogP contribution in [0.4, 0.5) is 0 Å². The Bertz CT molecular complexity index is 663. The lowest BCUT2D eigenvalue weighted by molar-refractivity contribution is -0.123. The Morgan fingerprint density at radius 1 is 1.29 bits per heavy atom. The number of amides is 2. The van der Waals surface area contributed by atoms with Crippen LogP contribution in [0.2, 0.25) is 0 Å². The topological polar surface area (TPSA) is 105 Å². The van der Waals surface area contributed by atoms with Gasteiger partial charge in [-0.2, -0.15) is 0 Å². The first-order valence-electron chi connectivity index (χ1n) is 8.21. The Morgan fingerprint density at radius 3 is 2.54 bits per heavy atom. The number of carbonyl (C=O) groups is 3. The zero-order valence-corrected chi connectivity index (χ0v) is 14.6. The Kier molecular flexibility index (Phi) is 5.31. The number of ether oxygens (including phenoxy) is 1. The number of likely N-dealkylation sites (tertiary alicyclic amines) is 1. The molecule has 1 fully saturated rings. The first-order chi connectivity index (χ1) is 11.2. The van der Waals surface area contributed by atoms with Gasteiger partial charge in [-0.05, 0) is 46.1 Å². The Labute approximate surface area is 141 Å². The predicted molar refractivity (Wildman–Crippen MR) is 88.6 cm³/mol. The van der Waals surface area contributed by atoms with Crippen LogP contribution in [-0.4, -0.2) is 46.9 Å². The van der Waals surface area contributed by atoms with E-state index >= 15 is 0 Å². The largest absolute Gasteiger partial charge is 0.459 e. The van der Waals surface area contributed by atoms with Gasteiger partial charge in [-0.3, -0.25) is 9.59 Å². The average Bonchev–Trinajstić information content (AvgIpc) is 2.80. The third kappa shape index (κ3) is 3.60. The highest BCUT2D eigenvalue weighted by Gasteiger charge is 2.31. The zero-order valence-electron chi connectivity index (χ0n) is 14.6. The van der Waals surface area contributed by atoms with Gasteiger partial charge in [0.15, 0.2) is 0 Å². The summed E-state index contributed by atoms with van der Waals surface area (Å²) in [5, 5.41) is 0. The highest BCUT2D eigenvalue weighted by molar-refractivity contribution is 6.00. The lowest BCUT2D eigenvalue weighted by Crippen LogP contribution is -2.44. The fourth-order valence-electron chi connectivity index (χ4n) is 3.10. The molecular formula is C17H25N3O4. The van der Waals surface area contributed by atoms with Gasteiger partial charge < -0.3 is 20.4 Å². The molecule has 132 valence electrons. The van der Waals surface area contributed by atoms with Crippen molar-refractivity contribution in [1.82, 2.24) is 9.88 Å². The first kappa shape index (κ1) is 18.0. The summed E-state index contributed by atoms with van der Waals surface area (Å²) < 4.78 is 5.24. The van der Waals surface area contributed by atoms with E-state index < -0.39 is 5.97 Å². The third-order valence-electron chi connectivity index (χ3n) is 4.31. The van der Waals surface area contributed by atoms with Crippen LogP contribution in [0, 0.1) is 19.8 Å². The molecule has 1 saturated heterocycles. The van der Waals surface area contributed by atoms with Crippen LogP contribution < -0.4 is 5.73 Å². The summed E-state index contributed by atoms with van der Waals surface area (Å²) in [5.41, 5.74) is 7.31. The molecule has 2 heterocycles. The molecule has 0 bridgehead atoms. The number of primary amides is 1. The lowest BCUT2D eigenvalue weighted by atomic mass is 9.97. The monoisotopic (exact) mass is 335 g/mol. The highest BCUT2D eigenvalue weighted by atomic mass is 16.5. The van der Waals surface area contributed by atoms with E-state index in [2.05, 4.69) is 4.98 Å². The number of piperidine rings is 1. The minimum Gasteiger partial charge on any atom is -0.459 e. The number of esters is 1. The van der Waals surface area contributed by atoms with E-state index in [1.807, 2.05) is 0 Å². The maximum Gasteiger partial charge on any atom is 0.340 e. The van der Waals surface area contributed by atoms with Gasteiger partial charge >= 0.3 is 5.97 Å². The fraction of sp³-hybridized carbons (Fsp3) is 0.588. The van der Waals surface area contributed by atoms with E-state index in [-0.39, 0.29) is 23.8 Å². The average molecular weight is 335 g/mol. The number of H-pyrrole nitrogens is 1. The van der Waals surface area contributed by atoms with Crippen molar-refractivity contribution < 1.29 is 19.1 Å². The van der Waals surface area contributed by atoms with Crippen molar-refractivity contribution in [2.75, 3.05) is 13.1 Å². The second-order valence-corrected chi connectivity index (χ2v) is 6.57. The summed E-state index contributed by atoms with van der Waals surface area (Å²) >= 11 is 0. The number of hydrogen-bond acceptors (Lipinski definition) is 4. The van der Waals surface area contributed by atoms with Crippen molar-refractivity contribution in [2.45, 2.75) is 46.6 Å². The molecule has 3 N–H and O–H groups in total. The smallest absolute Gasteiger partial charge is 0.340 e. The fourth-order valence-corrected chi connectivity index (χ4v) is 3.10. The van der Waals surface area contributed by atoms with Crippen molar-refractivity contribution in [3.05, 3.63) is 22.5 Å². The van der Waals surface area contributed by atoms with Crippen molar-refractivity contribution in [3.8, 4) is 0 Å². The molecule has 0 aliphatic carbocycles. The molecule has 1 unspecified atom stereocenters. The molecular weight excluding hydrogens is 310 g/mol. The second-order valence-electron chi connectivity index (χ2n) is 6.57. The third-order valence-corrected chi connectivity index (χ3v) is 4.31. The molecule has 7 heteroatoms. The summed E-state index contributed by atoms with van der Waals surface area (Å²) in [7, 11) is 0. The number of aromatic nitrogens is 1. The van der Waals surface area contributed by atoms with Crippen LogP contribution in [-0.2, 0) is 9.53 Å². The molecule has 0 saturated carbocycles. The minimum atomic E-state index is -0.441. The molecule has 2 rings (SSSR count). The maximum absolute atomic E-state index is 12.8. The Balaban J connectivity index is 2.24. The number of hydrogen-bond donors (Lipinski definition) is 2. The molecule has 1 atom stereocenters. The zero-order chi connectivity index (χ0) is 18.0. The van der Waals surface area contributed by atoms with E-state index in [0.29, 0.717) is 42.0 Å². The first-order valence-corrected chi connectivity index (χ1v) is 8.21. The number of aromatic amines is 1. The molecule has 1 aliphatic heterocycles. The van der Waals surface area contributed by atoms with Crippen molar-refractivity contribution in [2.24, 2.45) is 11.7 Å². The van der Waals surface area contributed by atoms with Gasteiger partial charge in [0.1, 0.15) is 5.69 Å². The quantitative estimate of drug-likeness (QED) is 0.814. The molecule has 1 aromatic heterocycles. The van der Waals surface area contributed by atoms with Gasteiger partial charge in [-0.25, -0.2) is 4.79 Å². The number of carbonyl (C=O) groups excluding carboxylic acids is 3. The Morgan fingerprint density at radius 2 is 1.96 bits per heavy atom. The van der Waals surface area contributed by atoms with Crippen LogP contribution in [0.3, 0.4) is 0 Å². The summed E-state index contributed by atoms with van der Waals surface area (Å²) in [4.78, 5) is 41.0. The molecule has 2 amide bonds. The molecule has 0 spiro atoms. The van der Waals surface area contributed by atoms with Gasteiger partial charge in [0.05, 0.1) is 17.6 Å². The van der Waals surface area contributed by atoms with Gasteiger partial charge in [0, 0.05) is 18.8 Å². The van der Waals surface area contributed by atoms with Crippen LogP contribution in [0.15, 0.2) is 0 Å². The SMILES string of the molecule is Cc1[nH]c(C(=O)N2CCCC(C(N)=O)C2)c(C)c1C(=O)OC(C)C. The summed E-state index contributed by atoms with van der Waals surface area (Å²) in [6, 6.07) is 0. The minimum absolute atomic E-state index is 0.217. The summed E-state index contributed by atoms with van der Waals surface area (Å²) in [6.07, 6.45) is 1.21. The molecule has 24 heavy (non-hydrogen) atoms. The van der Waals surface area contributed by atoms with Gasteiger partial charge in [0.25, 0.3) is 5.91 Å².